The second kappa shape index (κ2) is 11.0. The molecule has 166 valence electrons. The molecule has 1 N–H and O–H groups in total. The van der Waals surface area contributed by atoms with E-state index in [2.05, 4.69) is 52.7 Å². The highest BCUT2D eigenvalue weighted by molar-refractivity contribution is 5.94. The summed E-state index contributed by atoms with van der Waals surface area (Å²) in [6, 6.07) is 26.6. The number of hydrogen-bond acceptors (Lipinski definition) is 3. The van der Waals surface area contributed by atoms with Crippen LogP contribution in [-0.2, 0) is 19.5 Å². The van der Waals surface area contributed by atoms with Crippen LogP contribution in [0.25, 0.3) is 0 Å². The zero-order chi connectivity index (χ0) is 22.2. The second-order valence-electron chi connectivity index (χ2n) is 8.64. The number of hydrogen-bond donors (Lipinski definition) is 1. The summed E-state index contributed by atoms with van der Waals surface area (Å²) in [6.45, 7) is 3.73. The van der Waals surface area contributed by atoms with Gasteiger partial charge >= 0.3 is 0 Å². The first-order valence-corrected chi connectivity index (χ1v) is 11.5. The van der Waals surface area contributed by atoms with Gasteiger partial charge in [0.25, 0.3) is 5.91 Å². The van der Waals surface area contributed by atoms with Crippen LogP contribution in [-0.4, -0.2) is 31.0 Å². The molecule has 0 spiro atoms. The van der Waals surface area contributed by atoms with Gasteiger partial charge in [0.05, 0.1) is 7.11 Å². The van der Waals surface area contributed by atoms with Crippen LogP contribution < -0.4 is 10.1 Å². The Morgan fingerprint density at radius 1 is 0.875 bits per heavy atom. The van der Waals surface area contributed by atoms with Crippen LogP contribution in [0.15, 0.2) is 78.9 Å². The van der Waals surface area contributed by atoms with Gasteiger partial charge in [0.15, 0.2) is 0 Å². The summed E-state index contributed by atoms with van der Waals surface area (Å²) in [7, 11) is 1.65. The standard InChI is InChI=1S/C28H32N2O2/c1-32-27-13-9-24(10-14-27)20-29-28(31)26-11-7-25(8-12-26)21-30-17-15-23(16-18-30)19-22-5-3-2-4-6-22/h2-14,23H,15-21H2,1H3,(H,29,31). The molecule has 4 rings (SSSR count). The lowest BCUT2D eigenvalue weighted by atomic mass is 9.90. The maximum absolute atomic E-state index is 12.5. The fraction of sp³-hybridized carbons (Fsp3) is 0.321. The van der Waals surface area contributed by atoms with Crippen molar-refractivity contribution >= 4 is 5.91 Å². The predicted octanol–water partition coefficient (Wildman–Crippen LogP) is 5.08. The van der Waals surface area contributed by atoms with Gasteiger partial charge in [-0.25, -0.2) is 0 Å². The third-order valence-corrected chi connectivity index (χ3v) is 6.31. The molecule has 1 heterocycles. The van der Waals surface area contributed by atoms with Crippen molar-refractivity contribution in [2.24, 2.45) is 5.92 Å². The summed E-state index contributed by atoms with van der Waals surface area (Å²) in [6.07, 6.45) is 3.69. The molecule has 0 atom stereocenters. The molecular formula is C28H32N2O2. The van der Waals surface area contributed by atoms with Crippen LogP contribution in [0, 0.1) is 5.92 Å². The predicted molar refractivity (Wildman–Crippen MR) is 129 cm³/mol. The lowest BCUT2D eigenvalue weighted by molar-refractivity contribution is 0.0951. The van der Waals surface area contributed by atoms with E-state index in [0.29, 0.717) is 12.1 Å². The number of ether oxygens (including phenoxy) is 1. The van der Waals surface area contributed by atoms with Gasteiger partial charge in [-0.2, -0.15) is 0 Å². The number of carbonyl (C=O) groups excluding carboxylic acids is 1. The van der Waals surface area contributed by atoms with Crippen LogP contribution in [0.4, 0.5) is 0 Å². The van der Waals surface area contributed by atoms with Crippen molar-refractivity contribution in [2.75, 3.05) is 20.2 Å². The minimum absolute atomic E-state index is 0.0471. The number of methoxy groups -OCH3 is 1. The Morgan fingerprint density at radius 2 is 1.53 bits per heavy atom. The van der Waals surface area contributed by atoms with Crippen LogP contribution in [0.5, 0.6) is 5.75 Å². The second-order valence-corrected chi connectivity index (χ2v) is 8.64. The average molecular weight is 429 g/mol. The van der Waals surface area contributed by atoms with Crippen molar-refractivity contribution in [3.05, 3.63) is 101 Å². The monoisotopic (exact) mass is 428 g/mol. The number of carbonyl (C=O) groups is 1. The van der Waals surface area contributed by atoms with E-state index in [4.69, 9.17) is 4.74 Å². The number of nitrogens with zero attached hydrogens (tertiary/aromatic N) is 1. The number of benzene rings is 3. The lowest BCUT2D eigenvalue weighted by Gasteiger charge is -2.32. The molecule has 4 heteroatoms. The van der Waals surface area contributed by atoms with Gasteiger partial charge in [-0.1, -0.05) is 54.6 Å². The molecule has 1 saturated heterocycles. The number of piperidine rings is 1. The minimum Gasteiger partial charge on any atom is -0.497 e. The van der Waals surface area contributed by atoms with E-state index in [-0.39, 0.29) is 5.91 Å². The molecule has 0 unspecified atom stereocenters. The molecule has 0 aliphatic carbocycles. The van der Waals surface area contributed by atoms with Crippen molar-refractivity contribution in [3.63, 3.8) is 0 Å². The Morgan fingerprint density at radius 3 is 2.19 bits per heavy atom. The zero-order valence-electron chi connectivity index (χ0n) is 18.8. The normalized spacial score (nSPS) is 14.8. The molecule has 32 heavy (non-hydrogen) atoms. The van der Waals surface area contributed by atoms with Crippen LogP contribution >= 0.6 is 0 Å². The van der Waals surface area contributed by atoms with Crippen LogP contribution in [0.1, 0.15) is 39.9 Å². The molecule has 1 aliphatic heterocycles. The summed E-state index contributed by atoms with van der Waals surface area (Å²) < 4.78 is 5.17. The van der Waals surface area contributed by atoms with E-state index in [1.807, 2.05) is 36.4 Å². The van der Waals surface area contributed by atoms with Crippen LogP contribution in [0.3, 0.4) is 0 Å². The topological polar surface area (TPSA) is 41.6 Å². The van der Waals surface area contributed by atoms with E-state index >= 15 is 0 Å². The highest BCUT2D eigenvalue weighted by Crippen LogP contribution is 2.23. The first kappa shape index (κ1) is 22.1. The summed E-state index contributed by atoms with van der Waals surface area (Å²) in [4.78, 5) is 15.0. The van der Waals surface area contributed by atoms with Gasteiger partial charge in [0.1, 0.15) is 5.75 Å². The summed E-state index contributed by atoms with van der Waals surface area (Å²) in [5.41, 5.74) is 4.46. The van der Waals surface area contributed by atoms with Crippen LogP contribution in [0.2, 0.25) is 0 Å². The molecule has 3 aromatic carbocycles. The van der Waals surface area contributed by atoms with Crippen molar-refractivity contribution in [1.82, 2.24) is 10.2 Å². The molecule has 0 bridgehead atoms. The van der Waals surface area contributed by atoms with Crippen molar-refractivity contribution in [3.8, 4) is 5.75 Å². The molecule has 0 radical (unpaired) electrons. The fourth-order valence-electron chi connectivity index (χ4n) is 4.34. The Labute approximate surface area is 191 Å². The molecule has 4 nitrogen and oxygen atoms in total. The molecule has 0 aromatic heterocycles. The Hall–Kier alpha value is -3.11. The van der Waals surface area contributed by atoms with Crippen molar-refractivity contribution in [1.29, 1.82) is 0 Å². The van der Waals surface area contributed by atoms with Gasteiger partial charge < -0.3 is 10.1 Å². The van der Waals surface area contributed by atoms with Gasteiger partial charge in [-0.05, 0) is 79.2 Å². The van der Waals surface area contributed by atoms with Gasteiger partial charge in [0, 0.05) is 18.7 Å². The smallest absolute Gasteiger partial charge is 0.251 e. The van der Waals surface area contributed by atoms with Gasteiger partial charge in [-0.3, -0.25) is 9.69 Å². The van der Waals surface area contributed by atoms with Gasteiger partial charge in [-0.15, -0.1) is 0 Å². The molecule has 1 fully saturated rings. The highest BCUT2D eigenvalue weighted by Gasteiger charge is 2.19. The summed E-state index contributed by atoms with van der Waals surface area (Å²) in [5.74, 6) is 1.55. The van der Waals surface area contributed by atoms with Gasteiger partial charge in [0.2, 0.25) is 0 Å². The quantitative estimate of drug-likeness (QED) is 0.544. The molecule has 0 saturated carbocycles. The third kappa shape index (κ3) is 6.21. The number of rotatable bonds is 8. The first-order chi connectivity index (χ1) is 15.7. The Kier molecular flexibility index (Phi) is 7.57. The average Bonchev–Trinajstić information content (AvgIpc) is 2.85. The number of amides is 1. The van der Waals surface area contributed by atoms with E-state index < -0.39 is 0 Å². The van der Waals surface area contributed by atoms with E-state index in [9.17, 15) is 4.79 Å². The van der Waals surface area contributed by atoms with E-state index in [1.165, 1.54) is 30.4 Å². The highest BCUT2D eigenvalue weighted by atomic mass is 16.5. The molecule has 3 aromatic rings. The number of likely N-dealkylation sites (tertiary alicyclic amines) is 1. The fourth-order valence-corrected chi connectivity index (χ4v) is 4.34. The lowest BCUT2D eigenvalue weighted by Crippen LogP contribution is -2.33. The van der Waals surface area contributed by atoms with Crippen molar-refractivity contribution in [2.45, 2.75) is 32.4 Å². The zero-order valence-corrected chi connectivity index (χ0v) is 18.8. The van der Waals surface area contributed by atoms with E-state index in [1.54, 1.807) is 7.11 Å². The number of nitrogens with one attached hydrogen (secondary N) is 1. The Bertz CT molecular complexity index is 976. The maximum Gasteiger partial charge on any atom is 0.251 e. The van der Waals surface area contributed by atoms with E-state index in [0.717, 1.165) is 36.9 Å². The Balaban J connectivity index is 1.21. The minimum atomic E-state index is -0.0471. The van der Waals surface area contributed by atoms with Crippen molar-refractivity contribution < 1.29 is 9.53 Å². The third-order valence-electron chi connectivity index (χ3n) is 6.31. The summed E-state index contributed by atoms with van der Waals surface area (Å²) in [5, 5.41) is 2.99. The SMILES string of the molecule is COc1ccc(CNC(=O)c2ccc(CN3CCC(Cc4ccccc4)CC3)cc2)cc1. The summed E-state index contributed by atoms with van der Waals surface area (Å²) >= 11 is 0. The molecule has 1 amide bonds. The maximum atomic E-state index is 12.5. The molecule has 1 aliphatic rings. The molecular weight excluding hydrogens is 396 g/mol. The largest absolute Gasteiger partial charge is 0.497 e. The first-order valence-electron chi connectivity index (χ1n) is 11.5.